The summed E-state index contributed by atoms with van der Waals surface area (Å²) in [6.45, 7) is 1.04. The first-order valence-corrected chi connectivity index (χ1v) is 10.8. The van der Waals surface area contributed by atoms with Crippen molar-refractivity contribution in [2.45, 2.75) is 13.0 Å². The van der Waals surface area contributed by atoms with Gasteiger partial charge >= 0.3 is 0 Å². The molecule has 4 aromatic rings. The number of aromatic nitrogens is 1. The fourth-order valence-electron chi connectivity index (χ4n) is 3.76. The number of benzene rings is 3. The molecule has 7 heteroatoms. The Labute approximate surface area is 183 Å². The van der Waals surface area contributed by atoms with Gasteiger partial charge in [-0.2, -0.15) is 0 Å². The molecule has 154 valence electrons. The maximum atomic E-state index is 13.1. The fraction of sp³-hybridized carbons (Fsp3) is 0.125. The molecule has 0 fully saturated rings. The van der Waals surface area contributed by atoms with Crippen molar-refractivity contribution in [3.05, 3.63) is 87.9 Å². The molecule has 0 saturated carbocycles. The van der Waals surface area contributed by atoms with Crippen LogP contribution >= 0.6 is 11.3 Å². The van der Waals surface area contributed by atoms with Gasteiger partial charge in [-0.15, -0.1) is 11.3 Å². The molecule has 3 N–H and O–H groups in total. The van der Waals surface area contributed by atoms with Crippen molar-refractivity contribution in [1.29, 1.82) is 0 Å². The number of fused-ring (bicyclic) bond motifs is 2. The topological polar surface area (TPSA) is 88.3 Å². The highest BCUT2D eigenvalue weighted by Crippen LogP contribution is 2.28. The van der Waals surface area contributed by atoms with Crippen molar-refractivity contribution in [2.24, 2.45) is 0 Å². The standard InChI is InChI=1S/C24H20N4O2S/c25-18-7-3-4-8-19(18)26-22(29)23-27-20-11-12-28(14-21(20)31-23)24(30)17-10-9-15-5-1-2-6-16(15)13-17/h1-10,13H,11-12,14,25H2,(H,26,29). The molecule has 0 aliphatic carbocycles. The molecule has 0 atom stereocenters. The minimum Gasteiger partial charge on any atom is -0.397 e. The van der Waals surface area contributed by atoms with E-state index in [2.05, 4.69) is 10.3 Å². The maximum Gasteiger partial charge on any atom is 0.284 e. The van der Waals surface area contributed by atoms with Gasteiger partial charge < -0.3 is 16.0 Å². The summed E-state index contributed by atoms with van der Waals surface area (Å²) in [4.78, 5) is 33.0. The molecule has 0 spiro atoms. The van der Waals surface area contributed by atoms with Gasteiger partial charge in [0.15, 0.2) is 5.01 Å². The first-order valence-electron chi connectivity index (χ1n) is 10.0. The number of nitrogens with zero attached hydrogens (tertiary/aromatic N) is 2. The summed E-state index contributed by atoms with van der Waals surface area (Å²) in [5.74, 6) is -0.294. The largest absolute Gasteiger partial charge is 0.397 e. The lowest BCUT2D eigenvalue weighted by Gasteiger charge is -2.26. The Bertz CT molecular complexity index is 1310. The lowest BCUT2D eigenvalue weighted by molar-refractivity contribution is 0.0736. The van der Waals surface area contributed by atoms with Crippen molar-refractivity contribution >= 4 is 45.3 Å². The van der Waals surface area contributed by atoms with Crippen LogP contribution in [0.15, 0.2) is 66.7 Å². The fourth-order valence-corrected chi connectivity index (χ4v) is 4.78. The molecule has 0 saturated heterocycles. The predicted molar refractivity (Wildman–Crippen MR) is 123 cm³/mol. The minimum absolute atomic E-state index is 0.00661. The van der Waals surface area contributed by atoms with E-state index in [0.29, 0.717) is 41.5 Å². The van der Waals surface area contributed by atoms with Crippen LogP contribution in [0.4, 0.5) is 11.4 Å². The third-order valence-corrected chi connectivity index (χ3v) is 6.50. The van der Waals surface area contributed by atoms with Crippen LogP contribution < -0.4 is 11.1 Å². The SMILES string of the molecule is Nc1ccccc1NC(=O)c1nc2c(s1)CN(C(=O)c1ccc3ccccc3c1)CC2. The highest BCUT2D eigenvalue weighted by atomic mass is 32.1. The molecule has 2 heterocycles. The molecule has 5 rings (SSSR count). The number of carbonyl (C=O) groups is 2. The third kappa shape index (κ3) is 3.75. The highest BCUT2D eigenvalue weighted by Gasteiger charge is 2.26. The van der Waals surface area contributed by atoms with E-state index in [1.807, 2.05) is 59.5 Å². The molecule has 1 aliphatic rings. The summed E-state index contributed by atoms with van der Waals surface area (Å²) in [5, 5.41) is 5.35. The molecule has 0 unspecified atom stereocenters. The van der Waals surface area contributed by atoms with Gasteiger partial charge in [0.05, 0.1) is 23.6 Å². The van der Waals surface area contributed by atoms with Crippen LogP contribution in [-0.2, 0) is 13.0 Å². The van der Waals surface area contributed by atoms with Gasteiger partial charge in [0.25, 0.3) is 11.8 Å². The van der Waals surface area contributed by atoms with Gasteiger partial charge in [0, 0.05) is 23.4 Å². The summed E-state index contributed by atoms with van der Waals surface area (Å²) in [5.41, 5.74) is 8.54. The van der Waals surface area contributed by atoms with Crippen LogP contribution in [0.3, 0.4) is 0 Å². The number of carbonyl (C=O) groups excluding carboxylic acids is 2. The minimum atomic E-state index is -0.287. The molecule has 3 aromatic carbocycles. The molecule has 1 aliphatic heterocycles. The third-order valence-electron chi connectivity index (χ3n) is 5.42. The van der Waals surface area contributed by atoms with Crippen molar-refractivity contribution in [1.82, 2.24) is 9.88 Å². The molecule has 1 aromatic heterocycles. The lowest BCUT2D eigenvalue weighted by atomic mass is 10.1. The molecule has 0 bridgehead atoms. The second kappa shape index (κ2) is 7.85. The molecule has 6 nitrogen and oxygen atoms in total. The number of nitrogens with one attached hydrogen (secondary N) is 1. The van der Waals surface area contributed by atoms with Crippen LogP contribution in [-0.4, -0.2) is 28.2 Å². The second-order valence-electron chi connectivity index (χ2n) is 7.47. The number of rotatable bonds is 3. The first kappa shape index (κ1) is 19.3. The first-order chi connectivity index (χ1) is 15.1. The Balaban J connectivity index is 1.33. The monoisotopic (exact) mass is 428 g/mol. The smallest absolute Gasteiger partial charge is 0.284 e. The average Bonchev–Trinajstić information content (AvgIpc) is 3.23. The number of hydrogen-bond donors (Lipinski definition) is 2. The maximum absolute atomic E-state index is 13.1. The van der Waals surface area contributed by atoms with E-state index >= 15 is 0 Å². The van der Waals surface area contributed by atoms with E-state index in [1.165, 1.54) is 11.3 Å². The van der Waals surface area contributed by atoms with Crippen LogP contribution in [0.2, 0.25) is 0 Å². The van der Waals surface area contributed by atoms with E-state index in [0.717, 1.165) is 21.3 Å². The van der Waals surface area contributed by atoms with Gasteiger partial charge in [0.1, 0.15) is 0 Å². The summed E-state index contributed by atoms with van der Waals surface area (Å²) in [6, 6.07) is 20.9. The lowest BCUT2D eigenvalue weighted by Crippen LogP contribution is -2.35. The Morgan fingerprint density at radius 2 is 1.77 bits per heavy atom. The molecule has 31 heavy (non-hydrogen) atoms. The Kier molecular flexibility index (Phi) is 4.88. The van der Waals surface area contributed by atoms with E-state index < -0.39 is 0 Å². The van der Waals surface area contributed by atoms with E-state index in [4.69, 9.17) is 5.73 Å². The molecular formula is C24H20N4O2S. The Morgan fingerprint density at radius 3 is 2.61 bits per heavy atom. The molecular weight excluding hydrogens is 408 g/mol. The van der Waals surface area contributed by atoms with Crippen molar-refractivity contribution in [2.75, 3.05) is 17.6 Å². The second-order valence-corrected chi connectivity index (χ2v) is 8.55. The van der Waals surface area contributed by atoms with Crippen LogP contribution in [0.1, 0.15) is 30.7 Å². The summed E-state index contributed by atoms with van der Waals surface area (Å²) >= 11 is 1.33. The average molecular weight is 429 g/mol. The summed E-state index contributed by atoms with van der Waals surface area (Å²) in [7, 11) is 0. The molecule has 2 amide bonds. The predicted octanol–water partition coefficient (Wildman–Crippen LogP) is 4.33. The van der Waals surface area contributed by atoms with Crippen molar-refractivity contribution in [3.63, 3.8) is 0 Å². The van der Waals surface area contributed by atoms with Crippen LogP contribution in [0, 0.1) is 0 Å². The van der Waals surface area contributed by atoms with Crippen LogP contribution in [0.5, 0.6) is 0 Å². The van der Waals surface area contributed by atoms with E-state index in [1.54, 1.807) is 12.1 Å². The van der Waals surface area contributed by atoms with E-state index in [9.17, 15) is 9.59 Å². The Hall–Kier alpha value is -3.71. The zero-order valence-corrected chi connectivity index (χ0v) is 17.5. The van der Waals surface area contributed by atoms with Gasteiger partial charge in [-0.1, -0.05) is 42.5 Å². The Morgan fingerprint density at radius 1 is 1.00 bits per heavy atom. The van der Waals surface area contributed by atoms with Gasteiger partial charge in [-0.05, 0) is 35.0 Å². The summed E-state index contributed by atoms with van der Waals surface area (Å²) in [6.07, 6.45) is 0.631. The number of nitrogens with two attached hydrogens (primary N) is 1. The number of nitrogen functional groups attached to an aromatic ring is 1. The number of anilines is 2. The van der Waals surface area contributed by atoms with E-state index in [-0.39, 0.29) is 11.8 Å². The van der Waals surface area contributed by atoms with Gasteiger partial charge in [-0.25, -0.2) is 4.98 Å². The zero-order chi connectivity index (χ0) is 21.4. The number of thiazole rings is 1. The normalized spacial score (nSPS) is 13.1. The highest BCUT2D eigenvalue weighted by molar-refractivity contribution is 7.13. The number of hydrogen-bond acceptors (Lipinski definition) is 5. The summed E-state index contributed by atoms with van der Waals surface area (Å²) < 4.78 is 0. The van der Waals surface area contributed by atoms with Gasteiger partial charge in [0.2, 0.25) is 0 Å². The zero-order valence-electron chi connectivity index (χ0n) is 16.7. The van der Waals surface area contributed by atoms with Crippen molar-refractivity contribution in [3.8, 4) is 0 Å². The van der Waals surface area contributed by atoms with Gasteiger partial charge in [-0.3, -0.25) is 9.59 Å². The quantitative estimate of drug-likeness (QED) is 0.476. The van der Waals surface area contributed by atoms with Crippen molar-refractivity contribution < 1.29 is 9.59 Å². The molecule has 0 radical (unpaired) electrons. The van der Waals surface area contributed by atoms with Crippen LogP contribution in [0.25, 0.3) is 10.8 Å². The number of para-hydroxylation sites is 2. The number of amides is 2.